The van der Waals surface area contributed by atoms with E-state index in [1.54, 1.807) is 25.1 Å². The summed E-state index contributed by atoms with van der Waals surface area (Å²) in [6, 6.07) is 4.75. The average Bonchev–Trinajstić information content (AvgIpc) is 2.29. The van der Waals surface area contributed by atoms with E-state index in [0.29, 0.717) is 21.5 Å². The Labute approximate surface area is 113 Å². The second-order valence-corrected chi connectivity index (χ2v) is 5.56. The van der Waals surface area contributed by atoms with Gasteiger partial charge in [0.25, 0.3) is 0 Å². The molecular formula is C11H12Cl2O3S. The first-order chi connectivity index (χ1) is 8.04. The van der Waals surface area contributed by atoms with E-state index in [0.717, 1.165) is 0 Å². The predicted octanol–water partition coefficient (Wildman–Crippen LogP) is 3.05. The molecular weight excluding hydrogens is 283 g/mol. The van der Waals surface area contributed by atoms with Crippen LogP contribution in [0.2, 0.25) is 10.0 Å². The molecule has 17 heavy (non-hydrogen) atoms. The van der Waals surface area contributed by atoms with Crippen LogP contribution in [-0.2, 0) is 20.3 Å². The van der Waals surface area contributed by atoms with Crippen LogP contribution in [0.5, 0.6) is 0 Å². The zero-order valence-electron chi connectivity index (χ0n) is 9.24. The molecule has 0 amide bonds. The maximum Gasteiger partial charge on any atom is 0.306 e. The number of benzene rings is 1. The Balaban J connectivity index is 2.64. The van der Waals surface area contributed by atoms with Crippen LogP contribution in [0.1, 0.15) is 13.3 Å². The SMILES string of the molecule is CCOC(=O)CCS(=O)c1cc(Cl)ccc1Cl. The Morgan fingerprint density at radius 2 is 2.12 bits per heavy atom. The van der Waals surface area contributed by atoms with Crippen LogP contribution >= 0.6 is 23.2 Å². The second kappa shape index (κ2) is 6.99. The number of halogens is 2. The molecule has 0 saturated carbocycles. The fraction of sp³-hybridized carbons (Fsp3) is 0.364. The van der Waals surface area contributed by atoms with E-state index in [-0.39, 0.29) is 18.1 Å². The van der Waals surface area contributed by atoms with Crippen molar-refractivity contribution in [1.82, 2.24) is 0 Å². The molecule has 1 aromatic carbocycles. The number of carbonyl (C=O) groups is 1. The van der Waals surface area contributed by atoms with Crippen LogP contribution in [0, 0.1) is 0 Å². The van der Waals surface area contributed by atoms with Crippen molar-refractivity contribution in [2.75, 3.05) is 12.4 Å². The van der Waals surface area contributed by atoms with Gasteiger partial charge in [-0.3, -0.25) is 9.00 Å². The van der Waals surface area contributed by atoms with Crippen LogP contribution in [0.3, 0.4) is 0 Å². The molecule has 1 atom stereocenters. The van der Waals surface area contributed by atoms with E-state index in [4.69, 9.17) is 27.9 Å². The minimum Gasteiger partial charge on any atom is -0.466 e. The molecule has 0 bridgehead atoms. The van der Waals surface area contributed by atoms with Crippen molar-refractivity contribution in [1.29, 1.82) is 0 Å². The first-order valence-corrected chi connectivity index (χ1v) is 7.11. The van der Waals surface area contributed by atoms with Crippen molar-refractivity contribution >= 4 is 40.0 Å². The van der Waals surface area contributed by atoms with E-state index in [9.17, 15) is 9.00 Å². The second-order valence-electron chi connectivity index (χ2n) is 3.18. The third-order valence-electron chi connectivity index (χ3n) is 1.94. The Morgan fingerprint density at radius 3 is 2.76 bits per heavy atom. The van der Waals surface area contributed by atoms with Gasteiger partial charge in [0.15, 0.2) is 0 Å². The number of hydrogen-bond acceptors (Lipinski definition) is 3. The van der Waals surface area contributed by atoms with Crippen LogP contribution in [0.15, 0.2) is 23.1 Å². The standard InChI is InChI=1S/C11H12Cl2O3S/c1-2-16-11(14)5-6-17(15)10-7-8(12)3-4-9(10)13/h3-4,7H,2,5-6H2,1H3. The van der Waals surface area contributed by atoms with Gasteiger partial charge < -0.3 is 4.74 Å². The highest BCUT2D eigenvalue weighted by atomic mass is 35.5. The Morgan fingerprint density at radius 1 is 1.41 bits per heavy atom. The summed E-state index contributed by atoms with van der Waals surface area (Å²) in [5, 5.41) is 0.852. The molecule has 0 radical (unpaired) electrons. The van der Waals surface area contributed by atoms with Crippen LogP contribution < -0.4 is 0 Å². The van der Waals surface area contributed by atoms with Crippen molar-refractivity contribution < 1.29 is 13.7 Å². The van der Waals surface area contributed by atoms with E-state index >= 15 is 0 Å². The van der Waals surface area contributed by atoms with Gasteiger partial charge >= 0.3 is 5.97 Å². The molecule has 0 aliphatic carbocycles. The maximum absolute atomic E-state index is 11.9. The molecule has 0 aliphatic heterocycles. The third-order valence-corrected chi connectivity index (χ3v) is 4.02. The Kier molecular flexibility index (Phi) is 5.95. The van der Waals surface area contributed by atoms with Crippen LogP contribution in [0.25, 0.3) is 0 Å². The van der Waals surface area contributed by atoms with Crippen LogP contribution in [-0.4, -0.2) is 22.5 Å². The summed E-state index contributed by atoms with van der Waals surface area (Å²) < 4.78 is 16.6. The number of rotatable bonds is 5. The zero-order chi connectivity index (χ0) is 12.8. The lowest BCUT2D eigenvalue weighted by molar-refractivity contribution is -0.142. The van der Waals surface area contributed by atoms with E-state index < -0.39 is 10.8 Å². The van der Waals surface area contributed by atoms with E-state index in [1.807, 2.05) is 0 Å². The topological polar surface area (TPSA) is 43.4 Å². The van der Waals surface area contributed by atoms with Crippen molar-refractivity contribution in [3.63, 3.8) is 0 Å². The first kappa shape index (κ1) is 14.5. The molecule has 6 heteroatoms. The summed E-state index contributed by atoms with van der Waals surface area (Å²) in [7, 11) is -1.35. The fourth-order valence-corrected chi connectivity index (χ4v) is 2.90. The molecule has 94 valence electrons. The number of carbonyl (C=O) groups excluding carboxylic acids is 1. The average molecular weight is 295 g/mol. The Hall–Kier alpha value is -0.580. The lowest BCUT2D eigenvalue weighted by Gasteiger charge is -2.05. The molecule has 0 saturated heterocycles. The Bertz CT molecular complexity index is 435. The van der Waals surface area contributed by atoms with Gasteiger partial charge in [-0.2, -0.15) is 0 Å². The molecule has 3 nitrogen and oxygen atoms in total. The van der Waals surface area contributed by atoms with Gasteiger partial charge in [-0.05, 0) is 25.1 Å². The molecule has 1 rings (SSSR count). The highest BCUT2D eigenvalue weighted by Gasteiger charge is 2.12. The van der Waals surface area contributed by atoms with Gasteiger partial charge in [-0.25, -0.2) is 0 Å². The maximum atomic E-state index is 11.9. The van der Waals surface area contributed by atoms with Gasteiger partial charge in [0, 0.05) is 10.8 Å². The van der Waals surface area contributed by atoms with Gasteiger partial charge in [0.2, 0.25) is 0 Å². The predicted molar refractivity (Wildman–Crippen MR) is 69.0 cm³/mol. The molecule has 0 N–H and O–H groups in total. The number of hydrogen-bond donors (Lipinski definition) is 0. The quantitative estimate of drug-likeness (QED) is 0.784. The summed E-state index contributed by atoms with van der Waals surface area (Å²) in [6.07, 6.45) is 0.100. The molecule has 0 fully saturated rings. The van der Waals surface area contributed by atoms with Gasteiger partial charge in [-0.1, -0.05) is 23.2 Å². The summed E-state index contributed by atoms with van der Waals surface area (Å²) in [5.74, 6) is -0.183. The summed E-state index contributed by atoms with van der Waals surface area (Å²) in [4.78, 5) is 11.6. The van der Waals surface area contributed by atoms with Gasteiger partial charge in [-0.15, -0.1) is 0 Å². The van der Waals surface area contributed by atoms with Gasteiger partial charge in [0.1, 0.15) is 0 Å². The van der Waals surface area contributed by atoms with Crippen molar-refractivity contribution in [2.24, 2.45) is 0 Å². The van der Waals surface area contributed by atoms with Crippen LogP contribution in [0.4, 0.5) is 0 Å². The molecule has 1 aromatic rings. The third kappa shape index (κ3) is 4.66. The van der Waals surface area contributed by atoms with E-state index in [1.165, 1.54) is 0 Å². The monoisotopic (exact) mass is 294 g/mol. The highest BCUT2D eigenvalue weighted by molar-refractivity contribution is 7.85. The first-order valence-electron chi connectivity index (χ1n) is 5.03. The minimum atomic E-state index is -1.35. The number of esters is 1. The van der Waals surface area contributed by atoms with Crippen molar-refractivity contribution in [2.45, 2.75) is 18.2 Å². The lowest BCUT2D eigenvalue weighted by Crippen LogP contribution is -2.09. The largest absolute Gasteiger partial charge is 0.466 e. The number of ether oxygens (including phenoxy) is 1. The van der Waals surface area contributed by atoms with E-state index in [2.05, 4.69) is 0 Å². The summed E-state index contributed by atoms with van der Waals surface area (Å²) >= 11 is 11.7. The normalized spacial score (nSPS) is 12.2. The van der Waals surface area contributed by atoms with Crippen molar-refractivity contribution in [3.05, 3.63) is 28.2 Å². The molecule has 0 heterocycles. The molecule has 0 aliphatic rings. The highest BCUT2D eigenvalue weighted by Crippen LogP contribution is 2.24. The summed E-state index contributed by atoms with van der Waals surface area (Å²) in [6.45, 7) is 2.05. The molecule has 1 unspecified atom stereocenters. The van der Waals surface area contributed by atoms with Crippen molar-refractivity contribution in [3.8, 4) is 0 Å². The smallest absolute Gasteiger partial charge is 0.306 e. The zero-order valence-corrected chi connectivity index (χ0v) is 11.6. The summed E-state index contributed by atoms with van der Waals surface area (Å²) in [5.41, 5.74) is 0. The fourth-order valence-electron chi connectivity index (χ4n) is 1.17. The molecule has 0 spiro atoms. The van der Waals surface area contributed by atoms with Gasteiger partial charge in [0.05, 0.1) is 33.7 Å². The minimum absolute atomic E-state index is 0.100. The lowest BCUT2D eigenvalue weighted by atomic mass is 10.4. The molecule has 0 aromatic heterocycles.